The zero-order valence-electron chi connectivity index (χ0n) is 11.1. The van der Waals surface area contributed by atoms with Crippen LogP contribution < -0.4 is 5.32 Å². The molecule has 2 aromatic rings. The van der Waals surface area contributed by atoms with E-state index in [1.54, 1.807) is 17.4 Å². The molecular formula is C14H16BrFN2S. The topological polar surface area (TPSA) is 24.9 Å². The first-order chi connectivity index (χ1) is 8.86. The minimum atomic E-state index is -0.250. The van der Waals surface area contributed by atoms with Crippen LogP contribution in [0.15, 0.2) is 28.1 Å². The summed E-state index contributed by atoms with van der Waals surface area (Å²) >= 11 is 5.02. The normalized spacial score (nSPS) is 11.6. The molecule has 1 aromatic carbocycles. The van der Waals surface area contributed by atoms with Gasteiger partial charge in [-0.2, -0.15) is 0 Å². The van der Waals surface area contributed by atoms with Crippen molar-refractivity contribution in [3.8, 4) is 0 Å². The molecule has 0 atom stereocenters. The lowest BCUT2D eigenvalue weighted by Gasteiger charge is -2.14. The van der Waals surface area contributed by atoms with Gasteiger partial charge in [0.2, 0.25) is 0 Å². The highest BCUT2D eigenvalue weighted by molar-refractivity contribution is 9.10. The largest absolute Gasteiger partial charge is 0.378 e. The quantitative estimate of drug-likeness (QED) is 0.853. The first kappa shape index (κ1) is 14.5. The van der Waals surface area contributed by atoms with E-state index in [0.29, 0.717) is 6.54 Å². The molecule has 0 aliphatic heterocycles. The molecule has 0 unspecified atom stereocenters. The van der Waals surface area contributed by atoms with Gasteiger partial charge in [-0.3, -0.25) is 0 Å². The smallest absolute Gasteiger partial charge is 0.125 e. The molecule has 102 valence electrons. The van der Waals surface area contributed by atoms with E-state index < -0.39 is 0 Å². The second-order valence-corrected chi connectivity index (χ2v) is 7.15. The maximum absolute atomic E-state index is 13.2. The third-order valence-electron chi connectivity index (χ3n) is 2.68. The van der Waals surface area contributed by atoms with Gasteiger partial charge in [0.05, 0.1) is 17.9 Å². The fourth-order valence-electron chi connectivity index (χ4n) is 1.54. The van der Waals surface area contributed by atoms with Gasteiger partial charge in [0.15, 0.2) is 0 Å². The van der Waals surface area contributed by atoms with Crippen molar-refractivity contribution in [2.75, 3.05) is 5.32 Å². The number of hydrogen-bond acceptors (Lipinski definition) is 3. The summed E-state index contributed by atoms with van der Waals surface area (Å²) in [6, 6.07) is 4.60. The van der Waals surface area contributed by atoms with Gasteiger partial charge in [-0.25, -0.2) is 9.37 Å². The number of halogens is 2. The first-order valence-electron chi connectivity index (χ1n) is 6.00. The van der Waals surface area contributed by atoms with Crippen LogP contribution in [0.4, 0.5) is 10.1 Å². The Morgan fingerprint density at radius 1 is 1.37 bits per heavy atom. The Balaban J connectivity index is 2.06. The second-order valence-electron chi connectivity index (χ2n) is 5.35. The monoisotopic (exact) mass is 342 g/mol. The molecule has 0 amide bonds. The summed E-state index contributed by atoms with van der Waals surface area (Å²) in [6.07, 6.45) is 0. The van der Waals surface area contributed by atoms with E-state index in [4.69, 9.17) is 0 Å². The van der Waals surface area contributed by atoms with E-state index in [-0.39, 0.29) is 11.2 Å². The van der Waals surface area contributed by atoms with Gasteiger partial charge in [-0.05, 0) is 34.1 Å². The molecule has 0 aliphatic rings. The number of anilines is 1. The van der Waals surface area contributed by atoms with E-state index in [1.165, 1.54) is 12.1 Å². The van der Waals surface area contributed by atoms with Crippen LogP contribution in [0, 0.1) is 5.82 Å². The van der Waals surface area contributed by atoms with Crippen molar-refractivity contribution >= 4 is 33.0 Å². The van der Waals surface area contributed by atoms with Gasteiger partial charge in [0.1, 0.15) is 10.8 Å². The summed E-state index contributed by atoms with van der Waals surface area (Å²) in [4.78, 5) is 4.60. The van der Waals surface area contributed by atoms with Gasteiger partial charge < -0.3 is 5.32 Å². The van der Waals surface area contributed by atoms with Crippen LogP contribution >= 0.6 is 27.3 Å². The number of benzene rings is 1. The van der Waals surface area contributed by atoms with Crippen LogP contribution in [0.1, 0.15) is 31.5 Å². The van der Waals surface area contributed by atoms with Gasteiger partial charge in [0.25, 0.3) is 0 Å². The first-order valence-corrected chi connectivity index (χ1v) is 7.67. The number of aromatic nitrogens is 1. The zero-order valence-corrected chi connectivity index (χ0v) is 13.5. The van der Waals surface area contributed by atoms with Crippen LogP contribution in [-0.2, 0) is 12.0 Å². The number of hydrogen-bond donors (Lipinski definition) is 1. The molecule has 19 heavy (non-hydrogen) atoms. The van der Waals surface area contributed by atoms with Crippen molar-refractivity contribution in [3.63, 3.8) is 0 Å². The molecule has 0 radical (unpaired) electrons. The van der Waals surface area contributed by atoms with E-state index in [1.807, 2.05) is 0 Å². The highest BCUT2D eigenvalue weighted by atomic mass is 79.9. The number of thiazole rings is 1. The molecule has 2 nitrogen and oxygen atoms in total. The van der Waals surface area contributed by atoms with Crippen LogP contribution in [0.2, 0.25) is 0 Å². The third kappa shape index (κ3) is 3.76. The Bertz CT molecular complexity index is 575. The maximum Gasteiger partial charge on any atom is 0.125 e. The molecule has 2 rings (SSSR count). The van der Waals surface area contributed by atoms with Crippen LogP contribution in [0.3, 0.4) is 0 Å². The molecule has 0 spiro atoms. The predicted octanol–water partition coefficient (Wildman–Crippen LogP) is 4.95. The Morgan fingerprint density at radius 3 is 2.74 bits per heavy atom. The van der Waals surface area contributed by atoms with E-state index >= 15 is 0 Å². The average molecular weight is 343 g/mol. The molecule has 0 aliphatic carbocycles. The number of nitrogens with one attached hydrogen (secondary N) is 1. The number of rotatable bonds is 3. The minimum Gasteiger partial charge on any atom is -0.378 e. The predicted molar refractivity (Wildman–Crippen MR) is 82.2 cm³/mol. The minimum absolute atomic E-state index is 0.0637. The van der Waals surface area contributed by atoms with Crippen molar-refractivity contribution < 1.29 is 4.39 Å². The second kappa shape index (κ2) is 5.59. The molecule has 1 heterocycles. The van der Waals surface area contributed by atoms with E-state index in [0.717, 1.165) is 20.9 Å². The molecular weight excluding hydrogens is 327 g/mol. The lowest BCUT2D eigenvalue weighted by atomic mass is 9.93. The third-order valence-corrected chi connectivity index (χ3v) is 4.22. The molecule has 5 heteroatoms. The maximum atomic E-state index is 13.2. The number of nitrogens with zero attached hydrogens (tertiary/aromatic N) is 1. The van der Waals surface area contributed by atoms with Gasteiger partial charge in [-0.1, -0.05) is 20.8 Å². The van der Waals surface area contributed by atoms with Crippen molar-refractivity contribution in [2.24, 2.45) is 0 Å². The summed E-state index contributed by atoms with van der Waals surface area (Å²) in [5.41, 5.74) is 1.90. The molecule has 0 fully saturated rings. The van der Waals surface area contributed by atoms with Crippen LogP contribution in [0.5, 0.6) is 0 Å². The Kier molecular flexibility index (Phi) is 4.26. The SMILES string of the molecule is CC(C)(C)c1csc(CNc2cc(F)ccc2Br)n1. The van der Waals surface area contributed by atoms with Crippen LogP contribution in [0.25, 0.3) is 0 Å². The van der Waals surface area contributed by atoms with Gasteiger partial charge in [-0.15, -0.1) is 11.3 Å². The van der Waals surface area contributed by atoms with E-state index in [9.17, 15) is 4.39 Å². The summed E-state index contributed by atoms with van der Waals surface area (Å²) in [5, 5.41) is 6.28. The van der Waals surface area contributed by atoms with Crippen molar-refractivity contribution in [3.05, 3.63) is 44.6 Å². The van der Waals surface area contributed by atoms with Gasteiger partial charge >= 0.3 is 0 Å². The lowest BCUT2D eigenvalue weighted by Crippen LogP contribution is -2.12. The average Bonchev–Trinajstić information content (AvgIpc) is 2.79. The summed E-state index contributed by atoms with van der Waals surface area (Å²) in [5.74, 6) is -0.250. The molecule has 0 saturated heterocycles. The van der Waals surface area contributed by atoms with Gasteiger partial charge in [0, 0.05) is 15.3 Å². The molecule has 1 N–H and O–H groups in total. The van der Waals surface area contributed by atoms with E-state index in [2.05, 4.69) is 52.4 Å². The molecule has 1 aromatic heterocycles. The van der Waals surface area contributed by atoms with Crippen molar-refractivity contribution in [2.45, 2.75) is 32.7 Å². The fourth-order valence-corrected chi connectivity index (χ4v) is 2.89. The highest BCUT2D eigenvalue weighted by Crippen LogP contribution is 2.26. The Morgan fingerprint density at radius 2 is 2.11 bits per heavy atom. The zero-order chi connectivity index (χ0) is 14.0. The highest BCUT2D eigenvalue weighted by Gasteiger charge is 2.17. The summed E-state index contributed by atoms with van der Waals surface area (Å²) < 4.78 is 14.0. The molecule has 0 bridgehead atoms. The Labute approximate surface area is 125 Å². The standard InChI is InChI=1S/C14H16BrFN2S/c1-14(2,3)12-8-19-13(18-12)7-17-11-6-9(16)4-5-10(11)15/h4-6,8,17H,7H2,1-3H3. The summed E-state index contributed by atoms with van der Waals surface area (Å²) in [6.45, 7) is 7.02. The van der Waals surface area contributed by atoms with Crippen molar-refractivity contribution in [1.29, 1.82) is 0 Å². The molecule has 0 saturated carbocycles. The fraction of sp³-hybridized carbons (Fsp3) is 0.357. The summed E-state index contributed by atoms with van der Waals surface area (Å²) in [7, 11) is 0. The van der Waals surface area contributed by atoms with Crippen molar-refractivity contribution in [1.82, 2.24) is 4.98 Å². The van der Waals surface area contributed by atoms with Crippen LogP contribution in [-0.4, -0.2) is 4.98 Å². The Hall–Kier alpha value is -0.940. The lowest BCUT2D eigenvalue weighted by molar-refractivity contribution is 0.571.